The van der Waals surface area contributed by atoms with E-state index in [4.69, 9.17) is 4.74 Å². The fourth-order valence-corrected chi connectivity index (χ4v) is 8.77. The molecule has 8 heteroatoms. The molecule has 1 aromatic rings. The van der Waals surface area contributed by atoms with Gasteiger partial charge in [-0.2, -0.15) is 0 Å². The number of hydrogen-bond acceptors (Lipinski definition) is 6. The maximum absolute atomic E-state index is 14.4. The third-order valence-corrected chi connectivity index (χ3v) is 10.2. The first-order valence-corrected chi connectivity index (χ1v) is 14.6. The van der Waals surface area contributed by atoms with Crippen LogP contribution in [0.25, 0.3) is 0 Å². The average molecular weight is 541 g/mol. The number of nitrogens with zero attached hydrogens (tertiary/aromatic N) is 2. The topological polar surface area (TPSA) is 87.1 Å². The second-order valence-corrected chi connectivity index (χ2v) is 12.1. The predicted octanol–water partition coefficient (Wildman–Crippen LogP) is 3.62. The van der Waals surface area contributed by atoms with Crippen LogP contribution in [0.3, 0.4) is 0 Å². The number of amides is 2. The van der Waals surface area contributed by atoms with Gasteiger partial charge in [-0.25, -0.2) is 0 Å². The van der Waals surface area contributed by atoms with E-state index in [1.54, 1.807) is 27.6 Å². The third-order valence-electron chi connectivity index (χ3n) is 8.20. The van der Waals surface area contributed by atoms with Crippen LogP contribution in [0.5, 0.6) is 0 Å². The van der Waals surface area contributed by atoms with Crippen molar-refractivity contribution >= 4 is 29.5 Å². The average Bonchev–Trinajstić information content (AvgIpc) is 3.57. The van der Waals surface area contributed by atoms with E-state index >= 15 is 0 Å². The van der Waals surface area contributed by atoms with Gasteiger partial charge in [0.2, 0.25) is 11.8 Å². The molecular formula is C30H40N2O5S. The molecule has 0 aromatic heterocycles. The molecule has 3 fully saturated rings. The van der Waals surface area contributed by atoms with E-state index in [9.17, 15) is 19.5 Å². The summed E-state index contributed by atoms with van der Waals surface area (Å²) in [6, 6.07) is 8.36. The number of aliphatic hydroxyl groups is 1. The summed E-state index contributed by atoms with van der Waals surface area (Å²) in [4.78, 5) is 45.3. The van der Waals surface area contributed by atoms with E-state index in [1.165, 1.54) is 6.08 Å². The second kappa shape index (κ2) is 12.5. The highest BCUT2D eigenvalue weighted by Gasteiger charge is 2.74. The Balaban J connectivity index is 1.74. The van der Waals surface area contributed by atoms with Gasteiger partial charge in [-0.1, -0.05) is 68.8 Å². The quantitative estimate of drug-likeness (QED) is 0.220. The van der Waals surface area contributed by atoms with E-state index in [0.29, 0.717) is 25.9 Å². The van der Waals surface area contributed by atoms with Crippen LogP contribution in [0, 0.1) is 11.8 Å². The van der Waals surface area contributed by atoms with Crippen LogP contribution in [0.15, 0.2) is 55.6 Å². The Morgan fingerprint density at radius 1 is 1.26 bits per heavy atom. The maximum Gasteiger partial charge on any atom is 0.311 e. The van der Waals surface area contributed by atoms with E-state index in [2.05, 4.69) is 20.1 Å². The fourth-order valence-electron chi connectivity index (χ4n) is 6.58. The Kier molecular flexibility index (Phi) is 9.36. The van der Waals surface area contributed by atoms with Crippen molar-refractivity contribution in [3.63, 3.8) is 0 Å². The van der Waals surface area contributed by atoms with E-state index < -0.39 is 34.6 Å². The summed E-state index contributed by atoms with van der Waals surface area (Å²) < 4.78 is 4.73. The molecular weight excluding hydrogens is 500 g/mol. The Labute approximate surface area is 230 Å². The number of benzene rings is 1. The van der Waals surface area contributed by atoms with Crippen molar-refractivity contribution in [3.8, 4) is 0 Å². The first-order chi connectivity index (χ1) is 18.4. The number of esters is 1. The molecule has 0 saturated carbocycles. The van der Waals surface area contributed by atoms with Crippen molar-refractivity contribution < 1.29 is 24.2 Å². The Bertz CT molecular complexity index is 1030. The molecule has 0 aliphatic carbocycles. The number of carbonyl (C=O) groups excluding carboxylic acids is 3. The van der Waals surface area contributed by atoms with Gasteiger partial charge in [-0.05, 0) is 31.2 Å². The van der Waals surface area contributed by atoms with Crippen LogP contribution in [0.4, 0.5) is 0 Å². The molecule has 4 rings (SSSR count). The number of hydrogen-bond donors (Lipinski definition) is 1. The number of ether oxygens (including phenoxy) is 1. The van der Waals surface area contributed by atoms with Gasteiger partial charge in [-0.3, -0.25) is 14.4 Å². The molecule has 3 aliphatic rings. The molecule has 0 radical (unpaired) electrons. The SMILES string of the molecule is C=CCOC(=O)[C@@H]1[C@H]2C(=O)N([C@@H](CO)Cc3ccccc3)C(C(=O)N(CC=C)CCCCC)C23CC[C@H]1S3. The van der Waals surface area contributed by atoms with E-state index in [1.807, 2.05) is 30.3 Å². The van der Waals surface area contributed by atoms with Gasteiger partial charge in [0, 0.05) is 18.3 Å². The molecule has 206 valence electrons. The van der Waals surface area contributed by atoms with Crippen molar-refractivity contribution in [1.82, 2.24) is 9.80 Å². The van der Waals surface area contributed by atoms with Gasteiger partial charge in [0.1, 0.15) is 12.6 Å². The highest BCUT2D eigenvalue weighted by Crippen LogP contribution is 2.67. The minimum absolute atomic E-state index is 0.0617. The first-order valence-electron chi connectivity index (χ1n) is 13.7. The monoisotopic (exact) mass is 540 g/mol. The van der Waals surface area contributed by atoms with Crippen molar-refractivity contribution in [2.45, 2.75) is 67.5 Å². The summed E-state index contributed by atoms with van der Waals surface area (Å²) in [6.07, 6.45) is 8.00. The fraction of sp³-hybridized carbons (Fsp3) is 0.567. The van der Waals surface area contributed by atoms with Crippen LogP contribution in [0.1, 0.15) is 44.6 Å². The predicted molar refractivity (Wildman–Crippen MR) is 149 cm³/mol. The summed E-state index contributed by atoms with van der Waals surface area (Å²) in [6.45, 7) is 10.4. The lowest BCUT2D eigenvalue weighted by molar-refractivity contribution is -0.153. The summed E-state index contributed by atoms with van der Waals surface area (Å²) >= 11 is 1.62. The Hall–Kier alpha value is -2.58. The number of fused-ring (bicyclic) bond motifs is 1. The third kappa shape index (κ3) is 5.17. The molecule has 1 aromatic carbocycles. The maximum atomic E-state index is 14.4. The lowest BCUT2D eigenvalue weighted by Gasteiger charge is -2.39. The van der Waals surface area contributed by atoms with Crippen molar-refractivity contribution in [1.29, 1.82) is 0 Å². The Morgan fingerprint density at radius 3 is 2.68 bits per heavy atom. The van der Waals surface area contributed by atoms with Gasteiger partial charge < -0.3 is 19.6 Å². The lowest BCUT2D eigenvalue weighted by Crippen LogP contribution is -2.58. The summed E-state index contributed by atoms with van der Waals surface area (Å²) in [5, 5.41) is 10.5. The van der Waals surface area contributed by atoms with Gasteiger partial charge in [0.15, 0.2) is 0 Å². The Morgan fingerprint density at radius 2 is 2.03 bits per heavy atom. The zero-order chi connectivity index (χ0) is 27.3. The van der Waals surface area contributed by atoms with Gasteiger partial charge in [0.25, 0.3) is 0 Å². The first kappa shape index (κ1) is 28.4. The standard InChI is InChI=1S/C30H40N2O5S/c1-4-7-11-17-31(16-5-2)28(35)26-30-15-14-23(38-30)24(29(36)37-18-6-3)25(30)27(34)32(26)22(20-33)19-21-12-9-8-10-13-21/h5-6,8-10,12-13,22-26,33H,2-4,7,11,14-20H2,1H3/t22-,23-,24+,25+,26?,30?/m1/s1. The minimum Gasteiger partial charge on any atom is -0.461 e. The molecule has 6 atom stereocenters. The summed E-state index contributed by atoms with van der Waals surface area (Å²) in [5.41, 5.74) is 0.977. The van der Waals surface area contributed by atoms with Gasteiger partial charge >= 0.3 is 5.97 Å². The van der Waals surface area contributed by atoms with Gasteiger partial charge in [0.05, 0.1) is 29.2 Å². The van der Waals surface area contributed by atoms with Crippen molar-refractivity contribution in [2.24, 2.45) is 11.8 Å². The normalized spacial score (nSPS) is 28.2. The number of thioether (sulfide) groups is 1. The van der Waals surface area contributed by atoms with Crippen LogP contribution >= 0.6 is 11.8 Å². The number of carbonyl (C=O) groups is 3. The minimum atomic E-state index is -0.755. The van der Waals surface area contributed by atoms with E-state index in [-0.39, 0.29) is 30.3 Å². The highest BCUT2D eigenvalue weighted by molar-refractivity contribution is 8.02. The molecule has 2 unspecified atom stereocenters. The van der Waals surface area contributed by atoms with Crippen LogP contribution in [0.2, 0.25) is 0 Å². The molecule has 3 aliphatic heterocycles. The van der Waals surface area contributed by atoms with Crippen LogP contribution in [-0.2, 0) is 25.5 Å². The van der Waals surface area contributed by atoms with E-state index in [0.717, 1.165) is 31.2 Å². The highest BCUT2D eigenvalue weighted by atomic mass is 32.2. The van der Waals surface area contributed by atoms with Crippen LogP contribution in [-0.4, -0.2) is 81.1 Å². The molecule has 7 nitrogen and oxygen atoms in total. The molecule has 2 bridgehead atoms. The molecule has 1 spiro atoms. The zero-order valence-electron chi connectivity index (χ0n) is 22.3. The molecule has 2 amide bonds. The van der Waals surface area contributed by atoms with Crippen LogP contribution < -0.4 is 0 Å². The lowest BCUT2D eigenvalue weighted by atomic mass is 9.71. The second-order valence-electron chi connectivity index (χ2n) is 10.5. The molecule has 38 heavy (non-hydrogen) atoms. The number of rotatable bonds is 14. The number of likely N-dealkylation sites (tertiary alicyclic amines) is 1. The van der Waals surface area contributed by atoms with Crippen molar-refractivity contribution in [3.05, 3.63) is 61.2 Å². The smallest absolute Gasteiger partial charge is 0.311 e. The number of unbranched alkanes of at least 4 members (excludes halogenated alkanes) is 2. The number of aliphatic hydroxyl groups excluding tert-OH is 1. The summed E-state index contributed by atoms with van der Waals surface area (Å²) in [5.74, 6) is -1.99. The molecule has 3 heterocycles. The molecule has 1 N–H and O–H groups in total. The van der Waals surface area contributed by atoms with Crippen molar-refractivity contribution in [2.75, 3.05) is 26.3 Å². The summed E-state index contributed by atoms with van der Waals surface area (Å²) in [7, 11) is 0. The van der Waals surface area contributed by atoms with Gasteiger partial charge in [-0.15, -0.1) is 18.3 Å². The largest absolute Gasteiger partial charge is 0.461 e. The molecule has 3 saturated heterocycles. The zero-order valence-corrected chi connectivity index (χ0v) is 23.1.